The van der Waals surface area contributed by atoms with Crippen molar-refractivity contribution in [2.75, 3.05) is 31.6 Å². The van der Waals surface area contributed by atoms with Crippen LogP contribution < -0.4 is 37.1 Å². The molecule has 0 unspecified atom stereocenters. The summed E-state index contributed by atoms with van der Waals surface area (Å²) in [6, 6.07) is 1.26. The van der Waals surface area contributed by atoms with Crippen molar-refractivity contribution in [1.29, 1.82) is 0 Å². The minimum absolute atomic E-state index is 0.0104. The number of ketones is 1. The van der Waals surface area contributed by atoms with Gasteiger partial charge in [0.05, 0.1) is 18.2 Å². The molecule has 3 atom stereocenters. The molecule has 2 aliphatic rings. The standard InChI is InChI=1S/C29H42N6O8/c1-17(36)21-11-15-43-24-7-5-19(32-26(39)18-9-13-31-14-10-18)16-20(24)27(40)34-23(6-8-25(37)38)29(42)35-22(28(41)33-21)4-2-3-12-30/h5,7,16,18,21-23,31H,2-4,6,8-15,30H2,1H3,(H,32,39)(H,33,41)(H,34,40)(H,35,42)(H,37,38)/t21-,22-,23-/m0/s1. The maximum absolute atomic E-state index is 13.6. The van der Waals surface area contributed by atoms with E-state index in [1.807, 2.05) is 0 Å². The van der Waals surface area contributed by atoms with Crippen LogP contribution in [0.3, 0.4) is 0 Å². The fourth-order valence-corrected chi connectivity index (χ4v) is 4.98. The number of carboxylic acid groups (broad SMARTS) is 1. The van der Waals surface area contributed by atoms with Gasteiger partial charge in [-0.25, -0.2) is 0 Å². The van der Waals surface area contributed by atoms with Gasteiger partial charge >= 0.3 is 5.97 Å². The van der Waals surface area contributed by atoms with Crippen LogP contribution in [0.1, 0.15) is 68.6 Å². The molecule has 0 radical (unpaired) electrons. The highest BCUT2D eigenvalue weighted by Gasteiger charge is 2.31. The van der Waals surface area contributed by atoms with E-state index >= 15 is 0 Å². The molecule has 0 spiro atoms. The molecular weight excluding hydrogens is 560 g/mol. The number of amides is 4. The first-order chi connectivity index (χ1) is 20.6. The first kappa shape index (κ1) is 33.5. The van der Waals surface area contributed by atoms with Gasteiger partial charge in [0.15, 0.2) is 5.78 Å². The van der Waals surface area contributed by atoms with E-state index in [0.29, 0.717) is 37.9 Å². The highest BCUT2D eigenvalue weighted by atomic mass is 16.5. The summed E-state index contributed by atoms with van der Waals surface area (Å²) in [7, 11) is 0. The molecule has 2 heterocycles. The minimum Gasteiger partial charge on any atom is -0.493 e. The first-order valence-corrected chi connectivity index (χ1v) is 14.7. The number of hydrogen-bond donors (Lipinski definition) is 7. The number of carbonyl (C=O) groups excluding carboxylic acids is 5. The maximum Gasteiger partial charge on any atom is 0.303 e. The Balaban J connectivity index is 1.93. The van der Waals surface area contributed by atoms with E-state index in [1.54, 1.807) is 6.07 Å². The molecule has 4 amide bonds. The van der Waals surface area contributed by atoms with Gasteiger partial charge in [0.25, 0.3) is 5.91 Å². The SMILES string of the molecule is CC(=O)[C@@H]1CCOc2ccc(NC(=O)C3CCNCC3)cc2C(=O)N[C@@H](CCC(=O)O)C(=O)N[C@@H](CCCCN)C(=O)N1. The predicted molar refractivity (Wildman–Crippen MR) is 156 cm³/mol. The molecule has 14 nitrogen and oxygen atoms in total. The van der Waals surface area contributed by atoms with E-state index in [2.05, 4.69) is 26.6 Å². The molecule has 0 aliphatic carbocycles. The Labute approximate surface area is 250 Å². The van der Waals surface area contributed by atoms with E-state index in [4.69, 9.17) is 10.5 Å². The number of carbonyl (C=O) groups is 6. The Hall–Kier alpha value is -4.04. The third-order valence-corrected chi connectivity index (χ3v) is 7.52. The summed E-state index contributed by atoms with van der Waals surface area (Å²) in [6.45, 7) is 3.14. The van der Waals surface area contributed by atoms with Crippen LogP contribution in [0.4, 0.5) is 5.69 Å². The zero-order valence-electron chi connectivity index (χ0n) is 24.4. The molecule has 1 saturated heterocycles. The Bertz CT molecular complexity index is 1190. The van der Waals surface area contributed by atoms with Crippen molar-refractivity contribution in [2.24, 2.45) is 11.7 Å². The van der Waals surface area contributed by atoms with Gasteiger partial charge in [0, 0.05) is 24.4 Å². The number of nitrogens with two attached hydrogens (primary N) is 1. The number of rotatable bonds is 10. The second kappa shape index (κ2) is 16.6. The number of hydrogen-bond acceptors (Lipinski definition) is 9. The fraction of sp³-hybridized carbons (Fsp3) is 0.586. The summed E-state index contributed by atoms with van der Waals surface area (Å²) in [4.78, 5) is 76.6. The smallest absolute Gasteiger partial charge is 0.303 e. The highest BCUT2D eigenvalue weighted by Crippen LogP contribution is 2.25. The van der Waals surface area contributed by atoms with E-state index in [0.717, 1.165) is 13.1 Å². The van der Waals surface area contributed by atoms with Crippen LogP contribution in [0.15, 0.2) is 18.2 Å². The molecule has 8 N–H and O–H groups in total. The summed E-state index contributed by atoms with van der Waals surface area (Å²) in [5, 5.41) is 23.2. The van der Waals surface area contributed by atoms with Crippen molar-refractivity contribution >= 4 is 41.1 Å². The molecule has 14 heteroatoms. The molecule has 236 valence electrons. The predicted octanol–water partition coefficient (Wildman–Crippen LogP) is 0.0580. The van der Waals surface area contributed by atoms with Gasteiger partial charge in [0.1, 0.15) is 17.8 Å². The molecule has 1 fully saturated rings. The number of fused-ring (bicyclic) bond motifs is 1. The number of carboxylic acids is 1. The number of aliphatic carboxylic acids is 1. The highest BCUT2D eigenvalue weighted by molar-refractivity contribution is 6.02. The molecule has 3 rings (SSSR count). The second-order valence-corrected chi connectivity index (χ2v) is 10.8. The lowest BCUT2D eigenvalue weighted by Gasteiger charge is -2.26. The van der Waals surface area contributed by atoms with Gasteiger partial charge in [-0.15, -0.1) is 0 Å². The third-order valence-electron chi connectivity index (χ3n) is 7.52. The first-order valence-electron chi connectivity index (χ1n) is 14.7. The van der Waals surface area contributed by atoms with Crippen LogP contribution in [0.2, 0.25) is 0 Å². The van der Waals surface area contributed by atoms with Crippen molar-refractivity contribution in [3.8, 4) is 5.75 Å². The summed E-state index contributed by atoms with van der Waals surface area (Å²) >= 11 is 0. The van der Waals surface area contributed by atoms with Crippen LogP contribution in [0, 0.1) is 5.92 Å². The van der Waals surface area contributed by atoms with Crippen LogP contribution in [-0.2, 0) is 24.0 Å². The molecule has 43 heavy (non-hydrogen) atoms. The summed E-state index contributed by atoms with van der Waals surface area (Å²) in [5.41, 5.74) is 5.94. The average Bonchev–Trinajstić information content (AvgIpc) is 2.98. The van der Waals surface area contributed by atoms with Gasteiger partial charge < -0.3 is 42.2 Å². The molecule has 1 aromatic carbocycles. The number of piperidine rings is 1. The van der Waals surface area contributed by atoms with Crippen molar-refractivity contribution in [2.45, 2.75) is 76.4 Å². The molecule has 0 aromatic heterocycles. The maximum atomic E-state index is 13.6. The van der Waals surface area contributed by atoms with Gasteiger partial charge in [-0.1, -0.05) is 0 Å². The molecule has 2 aliphatic heterocycles. The zero-order chi connectivity index (χ0) is 31.4. The number of anilines is 1. The van der Waals surface area contributed by atoms with Crippen molar-refractivity contribution in [1.82, 2.24) is 21.3 Å². The number of nitrogens with one attached hydrogen (secondary N) is 5. The van der Waals surface area contributed by atoms with E-state index in [1.165, 1.54) is 19.1 Å². The largest absolute Gasteiger partial charge is 0.493 e. The lowest BCUT2D eigenvalue weighted by Crippen LogP contribution is -2.56. The van der Waals surface area contributed by atoms with Gasteiger partial charge in [-0.3, -0.25) is 28.8 Å². The third kappa shape index (κ3) is 10.3. The summed E-state index contributed by atoms with van der Waals surface area (Å²) in [6.07, 6.45) is 2.11. The average molecular weight is 603 g/mol. The molecule has 0 bridgehead atoms. The van der Waals surface area contributed by atoms with E-state index in [-0.39, 0.29) is 54.8 Å². The fourth-order valence-electron chi connectivity index (χ4n) is 4.98. The normalized spacial score (nSPS) is 22.1. The second-order valence-electron chi connectivity index (χ2n) is 10.8. The van der Waals surface area contributed by atoms with Crippen LogP contribution in [-0.4, -0.2) is 84.9 Å². The van der Waals surface area contributed by atoms with Crippen molar-refractivity contribution < 1.29 is 38.6 Å². The topological polar surface area (TPSA) is 218 Å². The number of ether oxygens (including phenoxy) is 1. The Morgan fingerprint density at radius 1 is 0.977 bits per heavy atom. The van der Waals surface area contributed by atoms with E-state index in [9.17, 15) is 33.9 Å². The van der Waals surface area contributed by atoms with Gasteiger partial charge in [-0.05, 0) is 83.3 Å². The van der Waals surface area contributed by atoms with Crippen LogP contribution in [0.5, 0.6) is 5.75 Å². The van der Waals surface area contributed by atoms with E-state index < -0.39 is 48.2 Å². The number of unbranched alkanes of at least 4 members (excludes halogenated alkanes) is 1. The van der Waals surface area contributed by atoms with Crippen molar-refractivity contribution in [3.63, 3.8) is 0 Å². The van der Waals surface area contributed by atoms with Crippen molar-refractivity contribution in [3.05, 3.63) is 23.8 Å². The number of benzene rings is 1. The Morgan fingerprint density at radius 3 is 2.35 bits per heavy atom. The zero-order valence-corrected chi connectivity index (χ0v) is 24.4. The minimum atomic E-state index is -1.30. The van der Waals surface area contributed by atoms with Crippen LogP contribution >= 0.6 is 0 Å². The lowest BCUT2D eigenvalue weighted by atomic mass is 9.97. The van der Waals surface area contributed by atoms with Gasteiger partial charge in [0.2, 0.25) is 17.7 Å². The summed E-state index contributed by atoms with van der Waals surface area (Å²) in [5.74, 6) is -3.79. The van der Waals surface area contributed by atoms with Gasteiger partial charge in [-0.2, -0.15) is 0 Å². The summed E-state index contributed by atoms with van der Waals surface area (Å²) < 4.78 is 5.87. The Kier molecular flexibility index (Phi) is 12.9. The number of Topliss-reactive ketones (excluding diaryl/α,β-unsaturated/α-hetero) is 1. The molecule has 1 aromatic rings. The monoisotopic (exact) mass is 602 g/mol. The quantitative estimate of drug-likeness (QED) is 0.179. The lowest BCUT2D eigenvalue weighted by molar-refractivity contribution is -0.137. The van der Waals surface area contributed by atoms with Crippen LogP contribution in [0.25, 0.3) is 0 Å². The Morgan fingerprint density at radius 2 is 1.67 bits per heavy atom. The molecule has 0 saturated carbocycles. The molecular formula is C29H42N6O8.